The van der Waals surface area contributed by atoms with Crippen molar-refractivity contribution in [3.05, 3.63) is 95.8 Å². The second-order valence-corrected chi connectivity index (χ2v) is 23.8. The second-order valence-electron chi connectivity index (χ2n) is 9.35. The summed E-state index contributed by atoms with van der Waals surface area (Å²) in [6.45, 7) is 15.5. The van der Waals surface area contributed by atoms with E-state index in [1.807, 2.05) is 4.79 Å². The van der Waals surface area contributed by atoms with Gasteiger partial charge in [-0.1, -0.05) is 170 Å². The number of benzene rings is 3. The van der Waals surface area contributed by atoms with Crippen molar-refractivity contribution in [1.82, 2.24) is 0 Å². The van der Waals surface area contributed by atoms with Crippen molar-refractivity contribution < 1.29 is 32.8 Å². The van der Waals surface area contributed by atoms with Crippen LogP contribution in [-0.2, 0) is 27.3 Å². The zero-order valence-corrected chi connectivity index (χ0v) is 26.4. The van der Waals surface area contributed by atoms with Gasteiger partial charge in [0.1, 0.15) is 0 Å². The molecule has 0 saturated heterocycles. The van der Waals surface area contributed by atoms with Crippen molar-refractivity contribution in [3.8, 4) is 0 Å². The summed E-state index contributed by atoms with van der Waals surface area (Å²) in [6, 6.07) is 34.0. The zero-order chi connectivity index (χ0) is 20.4. The molecule has 3 aromatic rings. The van der Waals surface area contributed by atoms with Crippen molar-refractivity contribution in [1.29, 1.82) is 0 Å². The third-order valence-electron chi connectivity index (χ3n) is 6.36. The largest absolute Gasteiger partial charge is 0.412 e. The molecule has 0 heterocycles. The molecule has 0 atom stereocenters. The van der Waals surface area contributed by atoms with Crippen LogP contribution in [0.3, 0.4) is 0 Å². The minimum absolute atomic E-state index is 0. The molecule has 0 aliphatic rings. The van der Waals surface area contributed by atoms with Crippen molar-refractivity contribution >= 4 is 39.8 Å². The third kappa shape index (κ3) is 5.32. The Balaban J connectivity index is 0.00000225. The van der Waals surface area contributed by atoms with Gasteiger partial charge in [-0.3, -0.25) is 4.79 Å². The predicted octanol–water partition coefficient (Wildman–Crippen LogP) is 4.20. The fourth-order valence-electron chi connectivity index (χ4n) is 5.34. The minimum Gasteiger partial charge on any atom is -0.412 e. The van der Waals surface area contributed by atoms with E-state index in [2.05, 4.69) is 130 Å². The second kappa shape index (κ2) is 10.7. The van der Waals surface area contributed by atoms with E-state index in [4.69, 9.17) is 0 Å². The first-order valence-electron chi connectivity index (χ1n) is 10.2. The maximum absolute atomic E-state index is 2.59. The summed E-state index contributed by atoms with van der Waals surface area (Å²) in [5, 5.41) is 4.70. The van der Waals surface area contributed by atoms with E-state index in [1.54, 1.807) is 15.6 Å². The van der Waals surface area contributed by atoms with Crippen LogP contribution in [0, 0.1) is 4.79 Å². The topological polar surface area (TPSA) is 31.5 Å². The summed E-state index contributed by atoms with van der Waals surface area (Å²) in [5.41, 5.74) is 0. The van der Waals surface area contributed by atoms with Crippen LogP contribution >= 0.6 is 0 Å². The summed E-state index contributed by atoms with van der Waals surface area (Å²) >= 11 is 0. The van der Waals surface area contributed by atoms with Gasteiger partial charge in [-0.05, 0) is 0 Å². The molecule has 0 spiro atoms. The number of hydrogen-bond donors (Lipinski definition) is 0. The van der Waals surface area contributed by atoms with Crippen LogP contribution in [0.2, 0.25) is 39.3 Å². The molecular weight excluding hydrogens is 513 g/mol. The van der Waals surface area contributed by atoms with E-state index >= 15 is 0 Å². The van der Waals surface area contributed by atoms with Crippen LogP contribution in [-0.4, -0.2) is 29.7 Å². The molecule has 30 heavy (non-hydrogen) atoms. The number of rotatable bonds is 6. The standard InChI is InChI=1S/C25H33Si3.Cd.H2O/c1-26(2,22-16-10-7-11-17-22)25(27(3,4)23-18-12-8-13-19-23)28(5,6)24-20-14-9-15-21-24;;/h7-21H,1-6H3;;1H2/q-1;;. The van der Waals surface area contributed by atoms with Gasteiger partial charge in [0.15, 0.2) is 0 Å². The van der Waals surface area contributed by atoms with Gasteiger partial charge in [0.2, 0.25) is 0 Å². The quantitative estimate of drug-likeness (QED) is 0.327. The van der Waals surface area contributed by atoms with E-state index in [0.29, 0.717) is 0 Å². The van der Waals surface area contributed by atoms with Gasteiger partial charge in [0, 0.05) is 27.3 Å². The van der Waals surface area contributed by atoms with E-state index in [0.717, 1.165) is 0 Å². The van der Waals surface area contributed by atoms with Crippen LogP contribution in [0.1, 0.15) is 0 Å². The minimum atomic E-state index is -1.81. The normalized spacial score (nSPS) is 12.1. The first-order valence-corrected chi connectivity index (χ1v) is 19.2. The Bertz CT molecular complexity index is 775. The van der Waals surface area contributed by atoms with E-state index in [9.17, 15) is 0 Å². The van der Waals surface area contributed by atoms with Gasteiger partial charge >= 0.3 is 0 Å². The maximum atomic E-state index is 2.59. The average Bonchev–Trinajstić information content (AvgIpc) is 2.69. The molecule has 1 nitrogen and oxygen atoms in total. The molecular formula is C25H35CdOSi3-. The van der Waals surface area contributed by atoms with Gasteiger partial charge in [0.05, 0.1) is 0 Å². The van der Waals surface area contributed by atoms with Gasteiger partial charge in [-0.25, -0.2) is 0 Å². The summed E-state index contributed by atoms with van der Waals surface area (Å²) < 4.78 is 0. The molecule has 0 unspecified atom stereocenters. The van der Waals surface area contributed by atoms with Gasteiger partial charge in [-0.2, -0.15) is 0 Å². The molecule has 3 rings (SSSR count). The van der Waals surface area contributed by atoms with Gasteiger partial charge < -0.3 is 5.48 Å². The van der Waals surface area contributed by atoms with Gasteiger partial charge in [0.25, 0.3) is 0 Å². The molecule has 0 bridgehead atoms. The zero-order valence-electron chi connectivity index (χ0n) is 19.4. The Kier molecular flexibility index (Phi) is 9.69. The van der Waals surface area contributed by atoms with Crippen LogP contribution in [0.4, 0.5) is 0 Å². The third-order valence-corrected chi connectivity index (χ3v) is 26.7. The summed E-state index contributed by atoms with van der Waals surface area (Å²) in [5.74, 6) is 0. The molecule has 0 saturated carbocycles. The van der Waals surface area contributed by atoms with Crippen molar-refractivity contribution in [3.63, 3.8) is 0 Å². The molecule has 0 aliphatic carbocycles. The summed E-state index contributed by atoms with van der Waals surface area (Å²) in [4.78, 5) is 1.94. The van der Waals surface area contributed by atoms with Crippen LogP contribution in [0.25, 0.3) is 0 Å². The first-order chi connectivity index (χ1) is 13.2. The SMILES string of the molecule is C[Si](C)(c1ccccc1)[C-]([Si](C)(C)c1ccccc1)[Si](C)(C)c1ccccc1.O.[Cd]. The molecule has 2 N–H and O–H groups in total. The maximum Gasteiger partial charge on any atom is 0 e. The van der Waals surface area contributed by atoms with Crippen molar-refractivity contribution in [2.24, 2.45) is 0 Å². The van der Waals surface area contributed by atoms with E-state index in [-0.39, 0.29) is 32.8 Å². The monoisotopic (exact) mass is 549 g/mol. The van der Waals surface area contributed by atoms with E-state index < -0.39 is 24.2 Å². The Morgan fingerprint density at radius 2 is 0.633 bits per heavy atom. The molecule has 5 heteroatoms. The smallest absolute Gasteiger partial charge is 0 e. The predicted molar refractivity (Wildman–Crippen MR) is 138 cm³/mol. The Hall–Kier alpha value is -0.807. The summed E-state index contributed by atoms with van der Waals surface area (Å²) in [7, 11) is -5.42. The molecule has 0 aliphatic heterocycles. The molecule has 0 aromatic heterocycles. The van der Waals surface area contributed by atoms with Gasteiger partial charge in [-0.15, -0.1) is 0 Å². The summed E-state index contributed by atoms with van der Waals surface area (Å²) in [6.07, 6.45) is 0. The fraction of sp³-hybridized carbons (Fsp3) is 0.240. The number of hydrogen-bond acceptors (Lipinski definition) is 0. The molecule has 0 fully saturated rings. The molecule has 3 aromatic carbocycles. The van der Waals surface area contributed by atoms with Crippen molar-refractivity contribution in [2.75, 3.05) is 0 Å². The average molecular weight is 548 g/mol. The van der Waals surface area contributed by atoms with Crippen LogP contribution in [0.5, 0.6) is 0 Å². The van der Waals surface area contributed by atoms with Crippen LogP contribution < -0.4 is 15.6 Å². The molecule has 0 radical (unpaired) electrons. The van der Waals surface area contributed by atoms with Crippen LogP contribution in [0.15, 0.2) is 91.0 Å². The Morgan fingerprint density at radius 3 is 0.833 bits per heavy atom. The Morgan fingerprint density at radius 1 is 0.433 bits per heavy atom. The van der Waals surface area contributed by atoms with Crippen molar-refractivity contribution in [2.45, 2.75) is 39.3 Å². The molecule has 156 valence electrons. The van der Waals surface area contributed by atoms with E-state index in [1.165, 1.54) is 0 Å². The first kappa shape index (κ1) is 27.2. The fourth-order valence-corrected chi connectivity index (χ4v) is 30.6. The molecule has 0 amide bonds. The Labute approximate surface area is 206 Å².